The molecular formula is C15H14N4O. The minimum absolute atomic E-state index is 0.256. The van der Waals surface area contributed by atoms with Gasteiger partial charge in [0, 0.05) is 17.1 Å². The lowest BCUT2D eigenvalue weighted by Crippen LogP contribution is -1.99. The fraction of sp³-hybridized carbons (Fsp3) is 0.0667. The molecule has 0 spiro atoms. The minimum atomic E-state index is 0.256. The van der Waals surface area contributed by atoms with Gasteiger partial charge in [-0.05, 0) is 25.1 Å². The van der Waals surface area contributed by atoms with Gasteiger partial charge in [-0.15, -0.1) is 0 Å². The van der Waals surface area contributed by atoms with Crippen molar-refractivity contribution < 1.29 is 4.74 Å². The Morgan fingerprint density at radius 2 is 1.80 bits per heavy atom. The molecule has 0 saturated carbocycles. The van der Waals surface area contributed by atoms with Crippen molar-refractivity contribution in [1.82, 2.24) is 9.97 Å². The minimum Gasteiger partial charge on any atom is -0.437 e. The van der Waals surface area contributed by atoms with E-state index in [0.29, 0.717) is 17.3 Å². The van der Waals surface area contributed by atoms with Gasteiger partial charge in [-0.25, -0.2) is 4.98 Å². The van der Waals surface area contributed by atoms with Crippen molar-refractivity contribution in [2.75, 3.05) is 11.5 Å². The van der Waals surface area contributed by atoms with Crippen LogP contribution in [0.15, 0.2) is 42.5 Å². The number of aryl methyl sites for hydroxylation is 1. The zero-order valence-electron chi connectivity index (χ0n) is 11.0. The van der Waals surface area contributed by atoms with E-state index in [4.69, 9.17) is 16.2 Å². The first-order chi connectivity index (χ1) is 9.63. The predicted molar refractivity (Wildman–Crippen MR) is 79.6 cm³/mol. The summed E-state index contributed by atoms with van der Waals surface area (Å²) in [6, 6.07) is 13.1. The van der Waals surface area contributed by atoms with Gasteiger partial charge in [0.05, 0.1) is 5.69 Å². The standard InChI is InChI=1S/C15H14N4O/c1-9-5-6-10-3-2-4-12(14(10)18-9)20-13-8-7-11(16)15(17)19-13/h2-8H,16H2,1H3,(H2,17,19). The summed E-state index contributed by atoms with van der Waals surface area (Å²) in [6.45, 7) is 1.94. The molecule has 3 aromatic rings. The second kappa shape index (κ2) is 4.70. The van der Waals surface area contributed by atoms with Gasteiger partial charge in [0.2, 0.25) is 5.88 Å². The van der Waals surface area contributed by atoms with E-state index in [0.717, 1.165) is 16.6 Å². The quantitative estimate of drug-likeness (QED) is 0.744. The number of pyridine rings is 2. The zero-order chi connectivity index (χ0) is 14.1. The fourth-order valence-corrected chi connectivity index (χ4v) is 1.94. The Labute approximate surface area is 116 Å². The van der Waals surface area contributed by atoms with Crippen molar-refractivity contribution in [3.05, 3.63) is 48.2 Å². The average Bonchev–Trinajstić information content (AvgIpc) is 2.44. The summed E-state index contributed by atoms with van der Waals surface area (Å²) in [5.41, 5.74) is 13.5. The average molecular weight is 266 g/mol. The number of ether oxygens (including phenoxy) is 1. The number of fused-ring (bicyclic) bond motifs is 1. The molecular weight excluding hydrogens is 252 g/mol. The van der Waals surface area contributed by atoms with Crippen LogP contribution in [0.1, 0.15) is 5.69 Å². The lowest BCUT2D eigenvalue weighted by molar-refractivity contribution is 0.468. The summed E-state index contributed by atoms with van der Waals surface area (Å²) >= 11 is 0. The van der Waals surface area contributed by atoms with Crippen LogP contribution >= 0.6 is 0 Å². The van der Waals surface area contributed by atoms with Gasteiger partial charge in [0.15, 0.2) is 11.6 Å². The van der Waals surface area contributed by atoms with Crippen LogP contribution in [0.3, 0.4) is 0 Å². The Morgan fingerprint density at radius 1 is 0.950 bits per heavy atom. The van der Waals surface area contributed by atoms with Gasteiger partial charge in [0.1, 0.15) is 5.52 Å². The Balaban J connectivity index is 2.05. The number of nitrogens with two attached hydrogens (primary N) is 2. The Morgan fingerprint density at radius 3 is 2.60 bits per heavy atom. The second-order valence-corrected chi connectivity index (χ2v) is 4.51. The summed E-state index contributed by atoms with van der Waals surface area (Å²) in [5.74, 6) is 1.29. The smallest absolute Gasteiger partial charge is 0.221 e. The van der Waals surface area contributed by atoms with Gasteiger partial charge < -0.3 is 16.2 Å². The van der Waals surface area contributed by atoms with E-state index in [1.807, 2.05) is 37.3 Å². The third-order valence-corrected chi connectivity index (χ3v) is 2.97. The van der Waals surface area contributed by atoms with Crippen molar-refractivity contribution in [3.63, 3.8) is 0 Å². The van der Waals surface area contributed by atoms with E-state index in [1.165, 1.54) is 0 Å². The van der Waals surface area contributed by atoms with Crippen molar-refractivity contribution in [3.8, 4) is 11.6 Å². The maximum Gasteiger partial charge on any atom is 0.221 e. The van der Waals surface area contributed by atoms with Crippen LogP contribution in [-0.4, -0.2) is 9.97 Å². The third kappa shape index (κ3) is 2.21. The van der Waals surface area contributed by atoms with Crippen molar-refractivity contribution in [2.45, 2.75) is 6.92 Å². The highest BCUT2D eigenvalue weighted by molar-refractivity contribution is 5.84. The van der Waals surface area contributed by atoms with Gasteiger partial charge >= 0.3 is 0 Å². The van der Waals surface area contributed by atoms with Crippen LogP contribution < -0.4 is 16.2 Å². The number of hydrogen-bond donors (Lipinski definition) is 2. The highest BCUT2D eigenvalue weighted by Crippen LogP contribution is 2.29. The number of benzene rings is 1. The SMILES string of the molecule is Cc1ccc2cccc(Oc3ccc(N)c(N)n3)c2n1. The first-order valence-electron chi connectivity index (χ1n) is 6.20. The van der Waals surface area contributed by atoms with Crippen LogP contribution in [0.2, 0.25) is 0 Å². The molecule has 1 aromatic carbocycles. The van der Waals surface area contributed by atoms with Crippen molar-refractivity contribution in [1.29, 1.82) is 0 Å². The normalized spacial score (nSPS) is 10.7. The van der Waals surface area contributed by atoms with E-state index in [-0.39, 0.29) is 5.82 Å². The molecule has 5 heteroatoms. The van der Waals surface area contributed by atoms with Gasteiger partial charge in [0.25, 0.3) is 0 Å². The molecule has 3 rings (SSSR count). The Bertz CT molecular complexity index is 786. The van der Waals surface area contributed by atoms with Crippen LogP contribution in [0.25, 0.3) is 10.9 Å². The largest absolute Gasteiger partial charge is 0.437 e. The molecule has 0 amide bonds. The molecule has 2 aromatic heterocycles. The second-order valence-electron chi connectivity index (χ2n) is 4.51. The predicted octanol–water partition coefficient (Wildman–Crippen LogP) is 2.89. The zero-order valence-corrected chi connectivity index (χ0v) is 11.0. The third-order valence-electron chi connectivity index (χ3n) is 2.97. The van der Waals surface area contributed by atoms with E-state index < -0.39 is 0 Å². The molecule has 0 atom stereocenters. The maximum atomic E-state index is 5.77. The molecule has 0 aliphatic heterocycles. The highest BCUT2D eigenvalue weighted by Gasteiger charge is 2.07. The molecule has 2 heterocycles. The van der Waals surface area contributed by atoms with E-state index in [2.05, 4.69) is 9.97 Å². The number of para-hydroxylation sites is 1. The van der Waals surface area contributed by atoms with Crippen molar-refractivity contribution in [2.24, 2.45) is 0 Å². The van der Waals surface area contributed by atoms with Gasteiger partial charge in [-0.3, -0.25) is 0 Å². The monoisotopic (exact) mass is 266 g/mol. The number of anilines is 2. The number of hydrogen-bond acceptors (Lipinski definition) is 5. The van der Waals surface area contributed by atoms with Crippen LogP contribution in [0, 0.1) is 6.92 Å². The molecule has 20 heavy (non-hydrogen) atoms. The van der Waals surface area contributed by atoms with Gasteiger partial charge in [-0.1, -0.05) is 18.2 Å². The van der Waals surface area contributed by atoms with Crippen LogP contribution in [-0.2, 0) is 0 Å². The lowest BCUT2D eigenvalue weighted by atomic mass is 10.2. The summed E-state index contributed by atoms with van der Waals surface area (Å²) in [6.07, 6.45) is 0. The van der Waals surface area contributed by atoms with Crippen LogP contribution in [0.5, 0.6) is 11.6 Å². The summed E-state index contributed by atoms with van der Waals surface area (Å²) in [7, 11) is 0. The van der Waals surface area contributed by atoms with Crippen molar-refractivity contribution >= 4 is 22.4 Å². The Hall–Kier alpha value is -2.82. The molecule has 0 fully saturated rings. The van der Waals surface area contributed by atoms with Crippen LogP contribution in [0.4, 0.5) is 11.5 Å². The molecule has 0 aliphatic rings. The summed E-state index contributed by atoms with van der Waals surface area (Å²) < 4.78 is 5.77. The number of nitrogens with zero attached hydrogens (tertiary/aromatic N) is 2. The number of aromatic nitrogens is 2. The summed E-state index contributed by atoms with van der Waals surface area (Å²) in [4.78, 5) is 8.60. The Kier molecular flexibility index (Phi) is 2.87. The summed E-state index contributed by atoms with van der Waals surface area (Å²) in [5, 5.41) is 1.01. The highest BCUT2D eigenvalue weighted by atomic mass is 16.5. The molecule has 0 saturated heterocycles. The first-order valence-corrected chi connectivity index (χ1v) is 6.20. The van der Waals surface area contributed by atoms with E-state index in [1.54, 1.807) is 12.1 Å². The first kappa shape index (κ1) is 12.2. The molecule has 0 unspecified atom stereocenters. The number of rotatable bonds is 2. The van der Waals surface area contributed by atoms with E-state index in [9.17, 15) is 0 Å². The fourth-order valence-electron chi connectivity index (χ4n) is 1.94. The topological polar surface area (TPSA) is 87.0 Å². The van der Waals surface area contributed by atoms with Gasteiger partial charge in [-0.2, -0.15) is 4.98 Å². The molecule has 0 radical (unpaired) electrons. The molecule has 0 aliphatic carbocycles. The maximum absolute atomic E-state index is 5.77. The van der Waals surface area contributed by atoms with E-state index >= 15 is 0 Å². The molecule has 5 nitrogen and oxygen atoms in total. The molecule has 0 bridgehead atoms. The molecule has 4 N–H and O–H groups in total. The number of nitrogen functional groups attached to an aromatic ring is 2. The lowest BCUT2D eigenvalue weighted by Gasteiger charge is -2.09. The molecule has 100 valence electrons.